The number of fused-ring (bicyclic) bond motifs is 1. The number of hydrogen-bond acceptors (Lipinski definition) is 3. The SMILES string of the molecule is O=C(O)[C@H]1CC[C@@H](C(=O)N2CCc3ccccc3C2)O1. The fraction of sp³-hybridized carbons (Fsp3) is 0.467. The number of carbonyl (C=O) groups excluding carboxylic acids is 1. The molecule has 0 spiro atoms. The van der Waals surface area contributed by atoms with Crippen LogP contribution < -0.4 is 0 Å². The molecule has 2 atom stereocenters. The van der Waals surface area contributed by atoms with Gasteiger partial charge in [0.15, 0.2) is 6.10 Å². The summed E-state index contributed by atoms with van der Waals surface area (Å²) in [5.74, 6) is -1.06. The van der Waals surface area contributed by atoms with E-state index in [1.807, 2.05) is 18.2 Å². The molecule has 1 aromatic rings. The molecule has 0 saturated carbocycles. The van der Waals surface area contributed by atoms with Crippen LogP contribution >= 0.6 is 0 Å². The molecule has 3 rings (SSSR count). The molecule has 2 aliphatic rings. The summed E-state index contributed by atoms with van der Waals surface area (Å²) in [6.07, 6.45) is 0.323. The maximum atomic E-state index is 12.4. The topological polar surface area (TPSA) is 66.8 Å². The van der Waals surface area contributed by atoms with Crippen LogP contribution in [0.5, 0.6) is 0 Å². The van der Waals surface area contributed by atoms with E-state index in [1.165, 1.54) is 11.1 Å². The Morgan fingerprint density at radius 2 is 1.85 bits per heavy atom. The van der Waals surface area contributed by atoms with Crippen LogP contribution in [0.1, 0.15) is 24.0 Å². The second-order valence-electron chi connectivity index (χ2n) is 5.31. The smallest absolute Gasteiger partial charge is 0.332 e. The van der Waals surface area contributed by atoms with E-state index in [-0.39, 0.29) is 5.91 Å². The van der Waals surface area contributed by atoms with Crippen LogP contribution in [0.3, 0.4) is 0 Å². The van der Waals surface area contributed by atoms with Gasteiger partial charge in [0.05, 0.1) is 0 Å². The number of rotatable bonds is 2. The zero-order valence-electron chi connectivity index (χ0n) is 11.1. The van der Waals surface area contributed by atoms with Crippen molar-refractivity contribution in [3.05, 3.63) is 35.4 Å². The summed E-state index contributed by atoms with van der Waals surface area (Å²) in [4.78, 5) is 25.0. The number of carbonyl (C=O) groups is 2. The number of carboxylic acids is 1. The summed E-state index contributed by atoms with van der Waals surface area (Å²) in [6, 6.07) is 8.10. The number of aliphatic carboxylic acids is 1. The number of hydrogen-bond donors (Lipinski definition) is 1. The molecule has 0 bridgehead atoms. The van der Waals surface area contributed by atoms with Gasteiger partial charge in [-0.1, -0.05) is 24.3 Å². The second kappa shape index (κ2) is 5.25. The standard InChI is InChI=1S/C15H17NO4/c17-14(12-5-6-13(20-12)15(18)19)16-8-7-10-3-1-2-4-11(10)9-16/h1-4,12-13H,5-9H2,(H,18,19)/t12-,13+/m0/s1. The summed E-state index contributed by atoms with van der Waals surface area (Å²) in [7, 11) is 0. The van der Waals surface area contributed by atoms with E-state index < -0.39 is 18.2 Å². The van der Waals surface area contributed by atoms with E-state index in [1.54, 1.807) is 4.90 Å². The molecule has 0 aromatic heterocycles. The molecule has 20 heavy (non-hydrogen) atoms. The minimum absolute atomic E-state index is 0.0803. The number of nitrogens with zero attached hydrogens (tertiary/aromatic N) is 1. The molecule has 1 amide bonds. The van der Waals surface area contributed by atoms with Crippen LogP contribution in [-0.2, 0) is 27.3 Å². The van der Waals surface area contributed by atoms with E-state index in [4.69, 9.17) is 9.84 Å². The van der Waals surface area contributed by atoms with Gasteiger partial charge < -0.3 is 14.7 Å². The van der Waals surface area contributed by atoms with Crippen LogP contribution in [0.25, 0.3) is 0 Å². The number of benzene rings is 1. The summed E-state index contributed by atoms with van der Waals surface area (Å²) >= 11 is 0. The molecule has 1 N–H and O–H groups in total. The van der Waals surface area contributed by atoms with E-state index in [9.17, 15) is 9.59 Å². The maximum absolute atomic E-state index is 12.4. The molecule has 1 saturated heterocycles. The van der Waals surface area contributed by atoms with Crippen LogP contribution in [-0.4, -0.2) is 40.6 Å². The van der Waals surface area contributed by atoms with Gasteiger partial charge in [0.25, 0.3) is 5.91 Å². The van der Waals surface area contributed by atoms with E-state index in [0.29, 0.717) is 25.9 Å². The van der Waals surface area contributed by atoms with Crippen molar-refractivity contribution >= 4 is 11.9 Å². The Hall–Kier alpha value is -1.88. The normalized spacial score (nSPS) is 25.3. The van der Waals surface area contributed by atoms with Gasteiger partial charge in [-0.05, 0) is 30.4 Å². The van der Waals surface area contributed by atoms with Gasteiger partial charge in [-0.2, -0.15) is 0 Å². The van der Waals surface area contributed by atoms with Crippen LogP contribution in [0.2, 0.25) is 0 Å². The van der Waals surface area contributed by atoms with Gasteiger partial charge in [-0.15, -0.1) is 0 Å². The number of amides is 1. The van der Waals surface area contributed by atoms with Gasteiger partial charge >= 0.3 is 5.97 Å². The van der Waals surface area contributed by atoms with Crippen LogP contribution in [0, 0.1) is 0 Å². The fourth-order valence-electron chi connectivity index (χ4n) is 2.89. The van der Waals surface area contributed by atoms with Crippen molar-refractivity contribution in [3.63, 3.8) is 0 Å². The Morgan fingerprint density at radius 3 is 2.55 bits per heavy atom. The lowest BCUT2D eigenvalue weighted by Crippen LogP contribution is -2.42. The quantitative estimate of drug-likeness (QED) is 0.880. The molecule has 2 aliphatic heterocycles. The zero-order valence-corrected chi connectivity index (χ0v) is 11.1. The van der Waals surface area contributed by atoms with Crippen molar-refractivity contribution in [2.75, 3.05) is 6.54 Å². The predicted molar refractivity (Wildman–Crippen MR) is 71.1 cm³/mol. The van der Waals surface area contributed by atoms with Gasteiger partial charge in [0, 0.05) is 13.1 Å². The van der Waals surface area contributed by atoms with Crippen molar-refractivity contribution in [1.82, 2.24) is 4.90 Å². The second-order valence-corrected chi connectivity index (χ2v) is 5.31. The molecule has 0 unspecified atom stereocenters. The Labute approximate surface area is 117 Å². The lowest BCUT2D eigenvalue weighted by molar-refractivity contribution is -0.155. The van der Waals surface area contributed by atoms with Gasteiger partial charge in [0.1, 0.15) is 6.10 Å². The van der Waals surface area contributed by atoms with Gasteiger partial charge in [-0.25, -0.2) is 4.79 Å². The Balaban J connectivity index is 1.66. The highest BCUT2D eigenvalue weighted by molar-refractivity contribution is 5.83. The molecule has 5 nitrogen and oxygen atoms in total. The van der Waals surface area contributed by atoms with Crippen molar-refractivity contribution in [3.8, 4) is 0 Å². The molecular formula is C15H17NO4. The van der Waals surface area contributed by atoms with Crippen molar-refractivity contribution in [2.45, 2.75) is 38.0 Å². The molecule has 106 valence electrons. The summed E-state index contributed by atoms with van der Waals surface area (Å²) in [6.45, 7) is 1.26. The molecule has 0 radical (unpaired) electrons. The fourth-order valence-corrected chi connectivity index (χ4v) is 2.89. The minimum Gasteiger partial charge on any atom is -0.479 e. The first-order valence-corrected chi connectivity index (χ1v) is 6.89. The summed E-state index contributed by atoms with van der Waals surface area (Å²) in [5, 5.41) is 8.90. The third kappa shape index (κ3) is 2.41. The maximum Gasteiger partial charge on any atom is 0.332 e. The van der Waals surface area contributed by atoms with Crippen molar-refractivity contribution in [1.29, 1.82) is 0 Å². The minimum atomic E-state index is -0.982. The van der Waals surface area contributed by atoms with E-state index in [2.05, 4.69) is 6.07 Å². The van der Waals surface area contributed by atoms with E-state index in [0.717, 1.165) is 6.42 Å². The average Bonchev–Trinajstić information content (AvgIpc) is 2.96. The van der Waals surface area contributed by atoms with Gasteiger partial charge in [-0.3, -0.25) is 4.79 Å². The highest BCUT2D eigenvalue weighted by atomic mass is 16.5. The zero-order chi connectivity index (χ0) is 14.1. The summed E-state index contributed by atoms with van der Waals surface area (Å²) < 4.78 is 5.34. The van der Waals surface area contributed by atoms with Crippen molar-refractivity contribution < 1.29 is 19.4 Å². The number of carboxylic acid groups (broad SMARTS) is 1. The first-order valence-electron chi connectivity index (χ1n) is 6.89. The number of ether oxygens (including phenoxy) is 1. The Morgan fingerprint density at radius 1 is 1.15 bits per heavy atom. The van der Waals surface area contributed by atoms with Crippen LogP contribution in [0.4, 0.5) is 0 Å². The monoisotopic (exact) mass is 275 g/mol. The Bertz CT molecular complexity index is 542. The first kappa shape index (κ1) is 13.1. The first-order chi connectivity index (χ1) is 9.65. The lowest BCUT2D eigenvalue weighted by Gasteiger charge is -2.30. The molecule has 0 aliphatic carbocycles. The summed E-state index contributed by atoms with van der Waals surface area (Å²) in [5.41, 5.74) is 2.45. The molecular weight excluding hydrogens is 258 g/mol. The van der Waals surface area contributed by atoms with E-state index >= 15 is 0 Å². The van der Waals surface area contributed by atoms with Crippen molar-refractivity contribution in [2.24, 2.45) is 0 Å². The Kier molecular flexibility index (Phi) is 3.44. The molecule has 1 fully saturated rings. The molecule has 1 aromatic carbocycles. The van der Waals surface area contributed by atoms with Crippen LogP contribution in [0.15, 0.2) is 24.3 Å². The molecule has 2 heterocycles. The highest BCUT2D eigenvalue weighted by Gasteiger charge is 2.37. The third-order valence-corrected chi connectivity index (χ3v) is 4.01. The highest BCUT2D eigenvalue weighted by Crippen LogP contribution is 2.25. The average molecular weight is 275 g/mol. The third-order valence-electron chi connectivity index (χ3n) is 4.01. The lowest BCUT2D eigenvalue weighted by atomic mass is 9.99. The largest absolute Gasteiger partial charge is 0.479 e. The predicted octanol–water partition coefficient (Wildman–Crippen LogP) is 1.20. The van der Waals surface area contributed by atoms with Gasteiger partial charge in [0.2, 0.25) is 0 Å². The molecule has 5 heteroatoms.